The topological polar surface area (TPSA) is 82.3 Å². The Labute approximate surface area is 148 Å². The van der Waals surface area contributed by atoms with E-state index in [-0.39, 0.29) is 5.88 Å². The van der Waals surface area contributed by atoms with Gasteiger partial charge in [0, 0.05) is 11.8 Å². The molecule has 0 spiro atoms. The molecule has 6 nitrogen and oxygen atoms in total. The van der Waals surface area contributed by atoms with Gasteiger partial charge in [0.05, 0.1) is 11.1 Å². The number of aromatic nitrogens is 3. The lowest BCUT2D eigenvalue weighted by Crippen LogP contribution is -2.37. The molecule has 0 bridgehead atoms. The summed E-state index contributed by atoms with van der Waals surface area (Å²) >= 11 is 7.27. The van der Waals surface area contributed by atoms with Crippen molar-refractivity contribution in [3.63, 3.8) is 0 Å². The normalized spacial score (nSPS) is 11.2. The maximum atomic E-state index is 10.5. The van der Waals surface area contributed by atoms with E-state index in [9.17, 15) is 18.3 Å². The van der Waals surface area contributed by atoms with Crippen molar-refractivity contribution in [1.29, 1.82) is 0 Å². The van der Waals surface area contributed by atoms with Crippen molar-refractivity contribution in [2.24, 2.45) is 0 Å². The molecule has 3 heterocycles. The van der Waals surface area contributed by atoms with Gasteiger partial charge in [0.15, 0.2) is 10.7 Å². The van der Waals surface area contributed by atoms with Crippen molar-refractivity contribution in [3.8, 4) is 5.88 Å². The Hall–Kier alpha value is -2.33. The van der Waals surface area contributed by atoms with Crippen LogP contribution in [0.5, 0.6) is 5.88 Å². The van der Waals surface area contributed by atoms with Gasteiger partial charge in [0.25, 0.3) is 5.65 Å². The van der Waals surface area contributed by atoms with Crippen LogP contribution in [0.15, 0.2) is 30.7 Å². The largest absolute Gasteiger partial charge is 0.542 e. The fraction of sp³-hybridized carbons (Fsp3) is 0.214. The number of nitrogens with zero attached hydrogens (tertiary/aromatic N) is 3. The van der Waals surface area contributed by atoms with Crippen LogP contribution in [-0.2, 0) is 11.3 Å². The van der Waals surface area contributed by atoms with E-state index in [0.717, 1.165) is 16.1 Å². The third-order valence-corrected chi connectivity index (χ3v) is 4.14. The van der Waals surface area contributed by atoms with Crippen LogP contribution in [0.25, 0.3) is 5.65 Å². The summed E-state index contributed by atoms with van der Waals surface area (Å²) in [4.78, 5) is 13.9. The second-order valence-electron chi connectivity index (χ2n) is 4.86. The summed E-state index contributed by atoms with van der Waals surface area (Å²) in [6.07, 6.45) is 0.128. The smallest absolute Gasteiger partial charge is 0.430 e. The summed E-state index contributed by atoms with van der Waals surface area (Å²) < 4.78 is 35.8. The number of carboxylic acid groups (broad SMARTS) is 1. The molecule has 0 atom stereocenters. The predicted octanol–water partition coefficient (Wildman–Crippen LogP) is 1.70. The van der Waals surface area contributed by atoms with Crippen LogP contribution in [0.4, 0.5) is 13.2 Å². The number of carbonyl (C=O) groups excluding carboxylic acids is 1. The van der Waals surface area contributed by atoms with Crippen LogP contribution in [-0.4, -0.2) is 26.8 Å². The maximum Gasteiger partial charge on any atom is 0.430 e. The number of fused-ring (bicyclic) bond motifs is 1. The monoisotopic (exact) mass is 393 g/mol. The lowest BCUT2D eigenvalue weighted by molar-refractivity contribution is -0.521. The van der Waals surface area contributed by atoms with Crippen LogP contribution in [0.1, 0.15) is 10.4 Å². The van der Waals surface area contributed by atoms with Crippen molar-refractivity contribution >= 4 is 34.6 Å². The van der Waals surface area contributed by atoms with Crippen LogP contribution < -0.4 is 9.51 Å². The summed E-state index contributed by atoms with van der Waals surface area (Å²) in [6.45, 7) is 2.67. The lowest BCUT2D eigenvalue weighted by Gasteiger charge is -2.03. The number of pyridine rings is 1. The van der Waals surface area contributed by atoms with E-state index < -0.39 is 12.1 Å². The number of hydrogen-bond acceptors (Lipinski definition) is 5. The van der Waals surface area contributed by atoms with E-state index in [1.54, 1.807) is 16.8 Å². The Balaban J connectivity index is 0.000000277. The van der Waals surface area contributed by atoms with Gasteiger partial charge in [-0.3, -0.25) is 0 Å². The summed E-state index contributed by atoms with van der Waals surface area (Å²) in [5.41, 5.74) is 2.08. The minimum atomic E-state index is -5.19. The van der Waals surface area contributed by atoms with Crippen molar-refractivity contribution < 1.29 is 32.6 Å². The molecule has 0 radical (unpaired) electrons. The third kappa shape index (κ3) is 4.60. The number of aliphatic carboxylic acids is 1. The lowest BCUT2D eigenvalue weighted by atomic mass is 10.3. The second-order valence-corrected chi connectivity index (χ2v) is 6.56. The van der Waals surface area contributed by atoms with Gasteiger partial charge in [-0.2, -0.15) is 17.6 Å². The molecule has 0 aliphatic rings. The molecular formula is C14H11ClF3N3O3S. The molecule has 3 aromatic rings. The first kappa shape index (κ1) is 19.0. The first-order valence-electron chi connectivity index (χ1n) is 6.67. The molecule has 134 valence electrons. The molecule has 0 fully saturated rings. The summed E-state index contributed by atoms with van der Waals surface area (Å²) in [5, 5.41) is 18.7. The average Bonchev–Trinajstić information content (AvgIpc) is 3.04. The van der Waals surface area contributed by atoms with Gasteiger partial charge in [0.2, 0.25) is 0 Å². The van der Waals surface area contributed by atoms with Crippen LogP contribution in [0.3, 0.4) is 0 Å². The van der Waals surface area contributed by atoms with Gasteiger partial charge in [-0.05, 0) is 19.1 Å². The Kier molecular flexibility index (Phi) is 5.53. The molecule has 0 aliphatic carbocycles. The zero-order chi connectivity index (χ0) is 18.8. The highest BCUT2D eigenvalue weighted by molar-refractivity contribution is 7.15. The van der Waals surface area contributed by atoms with E-state index in [1.807, 2.05) is 29.8 Å². The van der Waals surface area contributed by atoms with Crippen LogP contribution in [0, 0.1) is 6.92 Å². The Morgan fingerprint density at radius 2 is 2.16 bits per heavy atom. The fourth-order valence-corrected chi connectivity index (χ4v) is 3.04. The summed E-state index contributed by atoms with van der Waals surface area (Å²) in [5.74, 6) is -2.78. The molecule has 3 rings (SSSR count). The first-order valence-corrected chi connectivity index (χ1v) is 7.86. The molecule has 0 unspecified atom stereocenters. The minimum Gasteiger partial charge on any atom is -0.542 e. The maximum absolute atomic E-state index is 10.5. The van der Waals surface area contributed by atoms with E-state index in [4.69, 9.17) is 21.5 Å². The SMILES string of the molecule is Cc1ccc[n+]2c(O)cn(Cc3cnc(Cl)s3)c12.O=C([O-])C(F)(F)F. The number of imidazole rings is 1. The van der Waals surface area contributed by atoms with Gasteiger partial charge < -0.3 is 15.0 Å². The van der Waals surface area contributed by atoms with Crippen molar-refractivity contribution in [2.45, 2.75) is 19.6 Å². The molecule has 25 heavy (non-hydrogen) atoms. The highest BCUT2D eigenvalue weighted by atomic mass is 35.5. The zero-order valence-electron chi connectivity index (χ0n) is 12.6. The number of thiazole rings is 1. The highest BCUT2D eigenvalue weighted by Gasteiger charge is 2.28. The van der Waals surface area contributed by atoms with E-state index >= 15 is 0 Å². The minimum absolute atomic E-state index is 0.226. The number of aryl methyl sites for hydroxylation is 1. The molecule has 0 aliphatic heterocycles. The predicted molar refractivity (Wildman–Crippen MR) is 81.3 cm³/mol. The standard InChI is InChI=1S/C12H10ClN3OS.C2HF3O2/c1-8-3-2-4-16-10(17)7-15(11(8)16)6-9-5-14-12(13)18-9;3-2(4,5)1(6)7/h2-5,7H,6H2,1H3;(H,6,7). The number of carboxylic acids is 1. The van der Waals surface area contributed by atoms with Gasteiger partial charge in [-0.25, -0.2) is 9.55 Å². The molecular weight excluding hydrogens is 383 g/mol. The van der Waals surface area contributed by atoms with Crippen LogP contribution >= 0.6 is 22.9 Å². The van der Waals surface area contributed by atoms with Crippen LogP contribution in [0.2, 0.25) is 4.47 Å². The van der Waals surface area contributed by atoms with Crippen molar-refractivity contribution in [2.75, 3.05) is 0 Å². The van der Waals surface area contributed by atoms with Gasteiger partial charge in [0.1, 0.15) is 12.5 Å². The van der Waals surface area contributed by atoms with Gasteiger partial charge in [-0.15, -0.1) is 11.3 Å². The molecule has 1 N–H and O–H groups in total. The first-order chi connectivity index (χ1) is 11.6. The molecule has 0 aromatic carbocycles. The van der Waals surface area contributed by atoms with E-state index in [0.29, 0.717) is 11.0 Å². The summed E-state index contributed by atoms with van der Waals surface area (Å²) in [6, 6.07) is 3.93. The van der Waals surface area contributed by atoms with Gasteiger partial charge in [-0.1, -0.05) is 11.6 Å². The second kappa shape index (κ2) is 7.28. The molecule has 3 aromatic heterocycles. The average molecular weight is 394 g/mol. The number of carbonyl (C=O) groups is 1. The van der Waals surface area contributed by atoms with Gasteiger partial charge >= 0.3 is 12.1 Å². The molecule has 0 amide bonds. The van der Waals surface area contributed by atoms with Crippen molar-refractivity contribution in [1.82, 2.24) is 9.55 Å². The molecule has 0 saturated carbocycles. The molecule has 11 heteroatoms. The fourth-order valence-electron chi connectivity index (χ4n) is 2.07. The van der Waals surface area contributed by atoms with Crippen molar-refractivity contribution in [3.05, 3.63) is 45.6 Å². The quantitative estimate of drug-likeness (QED) is 0.672. The zero-order valence-corrected chi connectivity index (χ0v) is 14.2. The number of alkyl halides is 3. The Bertz CT molecular complexity index is 908. The third-order valence-electron chi connectivity index (χ3n) is 3.04. The number of halogens is 4. The summed E-state index contributed by atoms with van der Waals surface area (Å²) in [7, 11) is 0. The number of aromatic hydroxyl groups is 1. The number of hydrogen-bond donors (Lipinski definition) is 1. The molecule has 0 saturated heterocycles. The van der Waals surface area contributed by atoms with E-state index in [2.05, 4.69) is 4.98 Å². The number of rotatable bonds is 2. The Morgan fingerprint density at radius 1 is 1.52 bits per heavy atom. The van der Waals surface area contributed by atoms with E-state index in [1.165, 1.54) is 11.3 Å². The Morgan fingerprint density at radius 3 is 2.68 bits per heavy atom. The highest BCUT2D eigenvalue weighted by Crippen LogP contribution is 2.21.